The van der Waals surface area contributed by atoms with Gasteiger partial charge in [0.2, 0.25) is 11.8 Å². The molecule has 1 atom stereocenters. The van der Waals surface area contributed by atoms with E-state index in [1.54, 1.807) is 0 Å². The Labute approximate surface area is 161 Å². The van der Waals surface area contributed by atoms with E-state index in [-0.39, 0.29) is 35.6 Å². The van der Waals surface area contributed by atoms with Crippen LogP contribution < -0.4 is 10.6 Å². The number of hydrogen-bond donors (Lipinski definition) is 2. The van der Waals surface area contributed by atoms with E-state index in [4.69, 9.17) is 0 Å². The molecule has 5 nitrogen and oxygen atoms in total. The number of hydrogen-bond acceptors (Lipinski definition) is 3. The number of halogens is 1. The molecule has 0 aromatic heterocycles. The smallest absolute Gasteiger partial charge is 0.228 e. The average molecular weight is 378 g/mol. The summed E-state index contributed by atoms with van der Waals surface area (Å²) in [7, 11) is 0. The fraction of sp³-hybridized carbons (Fsp3) is 0.600. The van der Waals surface area contributed by atoms with E-state index in [1.807, 2.05) is 29.2 Å². The maximum absolute atomic E-state index is 12.6. The summed E-state index contributed by atoms with van der Waals surface area (Å²) in [4.78, 5) is 26.5. The summed E-state index contributed by atoms with van der Waals surface area (Å²) in [5.74, 6) is 0.571. The van der Waals surface area contributed by atoms with Crippen LogP contribution in [0.4, 0.5) is 5.69 Å². The largest absolute Gasteiger partial charge is 0.338 e. The van der Waals surface area contributed by atoms with Gasteiger partial charge < -0.3 is 15.5 Å². The zero-order valence-corrected chi connectivity index (χ0v) is 15.9. The van der Waals surface area contributed by atoms with Crippen molar-refractivity contribution >= 4 is 29.9 Å². The molecule has 1 aromatic rings. The number of amides is 2. The minimum atomic E-state index is 0. The van der Waals surface area contributed by atoms with E-state index in [9.17, 15) is 9.59 Å². The first-order valence-electron chi connectivity index (χ1n) is 9.55. The number of piperidine rings is 2. The minimum absolute atomic E-state index is 0. The predicted molar refractivity (Wildman–Crippen MR) is 104 cm³/mol. The Morgan fingerprint density at radius 2 is 2.08 bits per heavy atom. The van der Waals surface area contributed by atoms with Crippen LogP contribution in [-0.2, 0) is 16.1 Å². The van der Waals surface area contributed by atoms with Crippen LogP contribution in [0.15, 0.2) is 24.3 Å². The summed E-state index contributed by atoms with van der Waals surface area (Å²) >= 11 is 0. The van der Waals surface area contributed by atoms with Crippen LogP contribution in [-0.4, -0.2) is 36.3 Å². The molecule has 0 bridgehead atoms. The molecule has 2 N–H and O–H groups in total. The Morgan fingerprint density at radius 3 is 2.85 bits per heavy atom. The molecule has 6 heteroatoms. The van der Waals surface area contributed by atoms with E-state index in [0.717, 1.165) is 63.0 Å². The molecule has 3 aliphatic rings. The molecule has 26 heavy (non-hydrogen) atoms. The second-order valence-corrected chi connectivity index (χ2v) is 7.83. The molecule has 0 radical (unpaired) electrons. The highest BCUT2D eigenvalue weighted by Crippen LogP contribution is 2.58. The topological polar surface area (TPSA) is 61.4 Å². The Balaban J connectivity index is 0.00000196. The molecule has 142 valence electrons. The average Bonchev–Trinajstić information content (AvgIpc) is 3.31. The van der Waals surface area contributed by atoms with Crippen molar-refractivity contribution in [1.29, 1.82) is 0 Å². The van der Waals surface area contributed by atoms with Gasteiger partial charge in [-0.1, -0.05) is 12.1 Å². The van der Waals surface area contributed by atoms with E-state index >= 15 is 0 Å². The van der Waals surface area contributed by atoms with Crippen LogP contribution in [0.25, 0.3) is 0 Å². The number of nitrogens with zero attached hydrogens (tertiary/aromatic N) is 1. The van der Waals surface area contributed by atoms with Gasteiger partial charge in [0.05, 0.1) is 0 Å². The first-order chi connectivity index (χ1) is 12.2. The van der Waals surface area contributed by atoms with Crippen molar-refractivity contribution in [2.24, 2.45) is 11.3 Å². The molecule has 2 aliphatic heterocycles. The van der Waals surface area contributed by atoms with E-state index in [0.29, 0.717) is 13.0 Å². The van der Waals surface area contributed by atoms with Gasteiger partial charge in [0, 0.05) is 31.1 Å². The Kier molecular flexibility index (Phi) is 5.88. The lowest BCUT2D eigenvalue weighted by atomic mass is 9.92. The lowest BCUT2D eigenvalue weighted by molar-refractivity contribution is -0.133. The molecule has 2 amide bonds. The Morgan fingerprint density at radius 1 is 1.27 bits per heavy atom. The zero-order valence-electron chi connectivity index (χ0n) is 15.1. The number of carbonyl (C=O) groups excluding carboxylic acids is 2. The van der Waals surface area contributed by atoms with Gasteiger partial charge in [0.15, 0.2) is 0 Å². The fourth-order valence-electron chi connectivity index (χ4n) is 4.42. The van der Waals surface area contributed by atoms with E-state index in [2.05, 4.69) is 10.6 Å². The standard InChI is InChI=1S/C20H27N3O2.ClH/c24-18-6-1-2-11-23(18)14-15-4-3-5-16(12-15)22-19(25)17-13-20(17)7-9-21-10-8-20;/h3-5,12,17,21H,1-2,6-11,13-14H2,(H,22,25);1H. The summed E-state index contributed by atoms with van der Waals surface area (Å²) in [6, 6.07) is 7.95. The SMILES string of the molecule is Cl.O=C(Nc1cccc(CN2CCCCC2=O)c1)C1CC12CCNCC2. The third-order valence-corrected chi connectivity index (χ3v) is 6.09. The highest BCUT2D eigenvalue weighted by Gasteiger charge is 2.57. The van der Waals surface area contributed by atoms with Crippen LogP contribution in [0.5, 0.6) is 0 Å². The van der Waals surface area contributed by atoms with Gasteiger partial charge in [-0.3, -0.25) is 9.59 Å². The molecular weight excluding hydrogens is 350 g/mol. The van der Waals surface area contributed by atoms with Crippen LogP contribution in [0, 0.1) is 11.3 Å². The maximum Gasteiger partial charge on any atom is 0.228 e. The summed E-state index contributed by atoms with van der Waals surface area (Å²) < 4.78 is 0. The van der Waals surface area contributed by atoms with Gasteiger partial charge in [-0.2, -0.15) is 0 Å². The molecule has 4 rings (SSSR count). The van der Waals surface area contributed by atoms with Crippen molar-refractivity contribution in [1.82, 2.24) is 10.2 Å². The van der Waals surface area contributed by atoms with Crippen LogP contribution >= 0.6 is 12.4 Å². The minimum Gasteiger partial charge on any atom is -0.338 e. The molecule has 1 unspecified atom stereocenters. The van der Waals surface area contributed by atoms with Crippen molar-refractivity contribution in [2.45, 2.75) is 45.1 Å². The van der Waals surface area contributed by atoms with Crippen LogP contribution in [0.2, 0.25) is 0 Å². The number of anilines is 1. The summed E-state index contributed by atoms with van der Waals surface area (Å²) in [5, 5.41) is 6.48. The molecule has 3 fully saturated rings. The molecule has 1 saturated carbocycles. The van der Waals surface area contributed by atoms with E-state index in [1.165, 1.54) is 0 Å². The van der Waals surface area contributed by atoms with Crippen molar-refractivity contribution in [3.05, 3.63) is 29.8 Å². The van der Waals surface area contributed by atoms with Gasteiger partial charge in [0.1, 0.15) is 0 Å². The normalized spacial score (nSPS) is 24.1. The van der Waals surface area contributed by atoms with Crippen molar-refractivity contribution in [2.75, 3.05) is 25.0 Å². The molecule has 1 aliphatic carbocycles. The number of nitrogens with one attached hydrogen (secondary N) is 2. The number of benzene rings is 1. The fourth-order valence-corrected chi connectivity index (χ4v) is 4.42. The monoisotopic (exact) mass is 377 g/mol. The van der Waals surface area contributed by atoms with Crippen molar-refractivity contribution in [3.8, 4) is 0 Å². The third kappa shape index (κ3) is 4.04. The molecule has 2 saturated heterocycles. The van der Waals surface area contributed by atoms with Gasteiger partial charge in [-0.15, -0.1) is 12.4 Å². The Hall–Kier alpha value is -1.59. The van der Waals surface area contributed by atoms with Crippen LogP contribution in [0.1, 0.15) is 44.1 Å². The summed E-state index contributed by atoms with van der Waals surface area (Å²) in [6.07, 6.45) is 6.01. The molecule has 2 heterocycles. The predicted octanol–water partition coefficient (Wildman–Crippen LogP) is 2.95. The van der Waals surface area contributed by atoms with Crippen LogP contribution in [0.3, 0.4) is 0 Å². The molecule has 1 spiro atoms. The van der Waals surface area contributed by atoms with Crippen molar-refractivity contribution in [3.63, 3.8) is 0 Å². The Bertz CT molecular complexity index is 673. The molecular formula is C20H28ClN3O2. The van der Waals surface area contributed by atoms with Gasteiger partial charge in [0.25, 0.3) is 0 Å². The molecule has 1 aromatic carbocycles. The highest BCUT2D eigenvalue weighted by atomic mass is 35.5. The second-order valence-electron chi connectivity index (χ2n) is 7.83. The van der Waals surface area contributed by atoms with Gasteiger partial charge >= 0.3 is 0 Å². The lowest BCUT2D eigenvalue weighted by Crippen LogP contribution is -2.34. The van der Waals surface area contributed by atoms with Gasteiger partial charge in [-0.25, -0.2) is 0 Å². The third-order valence-electron chi connectivity index (χ3n) is 6.09. The quantitative estimate of drug-likeness (QED) is 0.848. The number of rotatable bonds is 4. The van der Waals surface area contributed by atoms with Gasteiger partial charge in [-0.05, 0) is 68.3 Å². The second kappa shape index (κ2) is 7.97. The number of likely N-dealkylation sites (tertiary alicyclic amines) is 1. The number of carbonyl (C=O) groups is 2. The van der Waals surface area contributed by atoms with Crippen molar-refractivity contribution < 1.29 is 9.59 Å². The summed E-state index contributed by atoms with van der Waals surface area (Å²) in [6.45, 7) is 3.54. The first kappa shape index (κ1) is 19.2. The zero-order chi connectivity index (χ0) is 17.3. The maximum atomic E-state index is 12.6. The summed E-state index contributed by atoms with van der Waals surface area (Å²) in [5.41, 5.74) is 2.19. The highest BCUT2D eigenvalue weighted by molar-refractivity contribution is 5.95. The lowest BCUT2D eigenvalue weighted by Gasteiger charge is -2.27. The first-order valence-corrected chi connectivity index (χ1v) is 9.55. The van der Waals surface area contributed by atoms with E-state index < -0.39 is 0 Å².